The van der Waals surface area contributed by atoms with Crippen molar-refractivity contribution in [1.29, 1.82) is 0 Å². The van der Waals surface area contributed by atoms with Crippen molar-refractivity contribution in [1.82, 2.24) is 0 Å². The Balaban J connectivity index is 1.06. The first kappa shape index (κ1) is 33.1. The van der Waals surface area contributed by atoms with Crippen LogP contribution in [0, 0.1) is 0 Å². The molecular formula is C56H35OP. The van der Waals surface area contributed by atoms with Gasteiger partial charge in [0.2, 0.25) is 0 Å². The van der Waals surface area contributed by atoms with E-state index in [1.807, 2.05) is 0 Å². The first-order valence-corrected chi connectivity index (χ1v) is 21.6. The quantitative estimate of drug-likeness (QED) is 0.0993. The molecule has 12 aromatic carbocycles. The molecule has 12 aromatic rings. The maximum Gasteiger partial charge on any atom is 0.171 e. The second-order valence-electron chi connectivity index (χ2n) is 15.6. The molecule has 0 saturated carbocycles. The number of hydrogen-bond donors (Lipinski definition) is 0. The predicted molar refractivity (Wildman–Crippen MR) is 251 cm³/mol. The maximum atomic E-state index is 16.3. The van der Waals surface area contributed by atoms with Crippen molar-refractivity contribution in [2.45, 2.75) is 0 Å². The lowest BCUT2D eigenvalue weighted by Crippen LogP contribution is -2.25. The van der Waals surface area contributed by atoms with Crippen molar-refractivity contribution in [2.24, 2.45) is 0 Å². The van der Waals surface area contributed by atoms with Crippen LogP contribution in [0.3, 0.4) is 0 Å². The average Bonchev–Trinajstić information content (AvgIpc) is 3.29. The summed E-state index contributed by atoms with van der Waals surface area (Å²) in [7, 11) is -3.36. The molecule has 12 rings (SSSR count). The van der Waals surface area contributed by atoms with E-state index < -0.39 is 7.14 Å². The lowest BCUT2D eigenvalue weighted by molar-refractivity contribution is 0.592. The number of hydrogen-bond acceptors (Lipinski definition) is 1. The van der Waals surface area contributed by atoms with E-state index in [4.69, 9.17) is 0 Å². The molecule has 2 heteroatoms. The molecule has 0 aromatic heterocycles. The van der Waals surface area contributed by atoms with E-state index in [0.29, 0.717) is 0 Å². The Morgan fingerprint density at radius 1 is 0.241 bits per heavy atom. The van der Waals surface area contributed by atoms with Gasteiger partial charge in [-0.3, -0.25) is 0 Å². The van der Waals surface area contributed by atoms with Gasteiger partial charge in [-0.15, -0.1) is 0 Å². The third kappa shape index (κ3) is 5.07. The topological polar surface area (TPSA) is 17.1 Å². The smallest absolute Gasteiger partial charge is 0.171 e. The van der Waals surface area contributed by atoms with E-state index >= 15 is 4.57 Å². The average molecular weight is 755 g/mol. The Morgan fingerprint density at radius 2 is 0.621 bits per heavy atom. The molecule has 0 aliphatic heterocycles. The maximum absolute atomic E-state index is 16.3. The van der Waals surface area contributed by atoms with Crippen LogP contribution in [0.2, 0.25) is 0 Å². The highest BCUT2D eigenvalue weighted by Gasteiger charge is 2.31. The van der Waals surface area contributed by atoms with Gasteiger partial charge in [0.1, 0.15) is 0 Å². The Labute approximate surface area is 335 Å². The summed E-state index contributed by atoms with van der Waals surface area (Å²) in [5.41, 5.74) is 2.27. The molecule has 0 atom stereocenters. The summed E-state index contributed by atoms with van der Waals surface area (Å²) in [6, 6.07) is 76.0. The second-order valence-corrected chi connectivity index (χ2v) is 18.4. The van der Waals surface area contributed by atoms with Crippen LogP contribution in [0.15, 0.2) is 212 Å². The van der Waals surface area contributed by atoms with Crippen molar-refractivity contribution in [3.8, 4) is 11.1 Å². The summed E-state index contributed by atoms with van der Waals surface area (Å²) in [5.74, 6) is 0. The SMILES string of the molecule is O=P(c1ccc(-c2cc3c(ccc4c5ccccc5ccc43)c3ccccc23)cc1)(c1ccc2cc3ccccc3cc2c1)c1ccc2cc3ccccc3cc2c1. The van der Waals surface area contributed by atoms with Crippen LogP contribution in [-0.2, 0) is 4.57 Å². The van der Waals surface area contributed by atoms with Gasteiger partial charge in [-0.2, -0.15) is 0 Å². The van der Waals surface area contributed by atoms with E-state index in [1.54, 1.807) is 0 Å². The van der Waals surface area contributed by atoms with Crippen LogP contribution in [0.4, 0.5) is 0 Å². The molecule has 58 heavy (non-hydrogen) atoms. The van der Waals surface area contributed by atoms with Crippen LogP contribution >= 0.6 is 7.14 Å². The fraction of sp³-hybridized carbons (Fsp3) is 0. The van der Waals surface area contributed by atoms with Crippen molar-refractivity contribution in [3.63, 3.8) is 0 Å². The van der Waals surface area contributed by atoms with Gasteiger partial charge in [0.05, 0.1) is 0 Å². The van der Waals surface area contributed by atoms with Crippen LogP contribution < -0.4 is 15.9 Å². The summed E-state index contributed by atoms with van der Waals surface area (Å²) in [5, 5.41) is 21.6. The second kappa shape index (κ2) is 12.7. The van der Waals surface area contributed by atoms with Gasteiger partial charge in [0.15, 0.2) is 7.14 Å². The highest BCUT2D eigenvalue weighted by Crippen LogP contribution is 2.45. The minimum Gasteiger partial charge on any atom is -0.309 e. The van der Waals surface area contributed by atoms with Gasteiger partial charge >= 0.3 is 0 Å². The molecular weight excluding hydrogens is 720 g/mol. The summed E-state index contributed by atoms with van der Waals surface area (Å²) < 4.78 is 16.3. The molecule has 0 aliphatic carbocycles. The highest BCUT2D eigenvalue weighted by molar-refractivity contribution is 7.85. The standard InChI is InChI=1S/C56H35OP/c57-58(47-24-19-42-29-38-10-1-3-12-40(38)31-44(42)33-47,48-25-20-43-30-39-11-2-4-13-41(39)32-45(43)34-48)46-22-17-37(18-23-46)55-35-56-53-26-21-36-9-5-6-14-49(36)52(53)27-28-54(56)50-15-7-8-16-51(50)55/h1-35H. The van der Waals surface area contributed by atoms with E-state index in [1.165, 1.54) is 70.2 Å². The lowest BCUT2D eigenvalue weighted by atomic mass is 9.90. The molecule has 0 heterocycles. The fourth-order valence-corrected chi connectivity index (χ4v) is 12.1. The van der Waals surface area contributed by atoms with Gasteiger partial charge in [0.25, 0.3) is 0 Å². The van der Waals surface area contributed by atoms with E-state index in [-0.39, 0.29) is 0 Å². The third-order valence-corrected chi connectivity index (χ3v) is 15.4. The molecule has 1 nitrogen and oxygen atoms in total. The van der Waals surface area contributed by atoms with Crippen LogP contribution in [0.25, 0.3) is 97.3 Å². The van der Waals surface area contributed by atoms with Crippen molar-refractivity contribution >= 4 is 109 Å². The molecule has 0 spiro atoms. The summed E-state index contributed by atoms with van der Waals surface area (Å²) in [6.07, 6.45) is 0. The molecule has 0 aliphatic rings. The van der Waals surface area contributed by atoms with Crippen LogP contribution in [-0.4, -0.2) is 0 Å². The van der Waals surface area contributed by atoms with Crippen molar-refractivity contribution in [3.05, 3.63) is 212 Å². The minimum absolute atomic E-state index is 0.818. The molecule has 0 amide bonds. The minimum atomic E-state index is -3.36. The summed E-state index contributed by atoms with van der Waals surface area (Å²) >= 11 is 0. The Bertz CT molecular complexity index is 3590. The first-order chi connectivity index (χ1) is 28.6. The van der Waals surface area contributed by atoms with Gasteiger partial charge in [-0.05, 0) is 140 Å². The van der Waals surface area contributed by atoms with E-state index in [2.05, 4.69) is 212 Å². The zero-order chi connectivity index (χ0) is 38.4. The largest absolute Gasteiger partial charge is 0.309 e. The Kier molecular flexibility index (Phi) is 7.27. The number of rotatable bonds is 4. The Morgan fingerprint density at radius 3 is 1.19 bits per heavy atom. The van der Waals surface area contributed by atoms with Gasteiger partial charge in [-0.1, -0.05) is 170 Å². The van der Waals surface area contributed by atoms with E-state index in [9.17, 15) is 0 Å². The van der Waals surface area contributed by atoms with Crippen molar-refractivity contribution < 1.29 is 4.57 Å². The molecule has 0 unspecified atom stereocenters. The highest BCUT2D eigenvalue weighted by atomic mass is 31.2. The summed E-state index contributed by atoms with van der Waals surface area (Å²) in [6.45, 7) is 0. The molecule has 0 N–H and O–H groups in total. The predicted octanol–water partition coefficient (Wildman–Crippen LogP) is 14.2. The molecule has 0 radical (unpaired) electrons. The van der Waals surface area contributed by atoms with Gasteiger partial charge in [-0.25, -0.2) is 0 Å². The molecule has 270 valence electrons. The zero-order valence-electron chi connectivity index (χ0n) is 31.6. The molecule has 0 saturated heterocycles. The van der Waals surface area contributed by atoms with E-state index in [0.717, 1.165) is 43.0 Å². The zero-order valence-corrected chi connectivity index (χ0v) is 32.5. The Hall–Kier alpha value is -7.05. The van der Waals surface area contributed by atoms with Crippen LogP contribution in [0.1, 0.15) is 0 Å². The summed E-state index contributed by atoms with van der Waals surface area (Å²) in [4.78, 5) is 0. The number of fused-ring (bicyclic) bond motifs is 11. The van der Waals surface area contributed by atoms with Crippen LogP contribution in [0.5, 0.6) is 0 Å². The number of benzene rings is 12. The van der Waals surface area contributed by atoms with Crippen molar-refractivity contribution in [2.75, 3.05) is 0 Å². The van der Waals surface area contributed by atoms with Gasteiger partial charge < -0.3 is 4.57 Å². The normalized spacial score (nSPS) is 12.2. The molecule has 0 fully saturated rings. The lowest BCUT2D eigenvalue weighted by Gasteiger charge is -2.22. The first-order valence-electron chi connectivity index (χ1n) is 19.9. The monoisotopic (exact) mass is 754 g/mol. The van der Waals surface area contributed by atoms with Gasteiger partial charge in [0, 0.05) is 15.9 Å². The fourth-order valence-electron chi connectivity index (χ4n) is 9.46. The third-order valence-electron chi connectivity index (χ3n) is 12.4. The molecule has 0 bridgehead atoms.